The number of benzene rings is 3. The summed E-state index contributed by atoms with van der Waals surface area (Å²) in [6.07, 6.45) is 0. The molecule has 0 saturated carbocycles. The number of amides is 1. The van der Waals surface area contributed by atoms with E-state index < -0.39 is 22.5 Å². The first-order valence-corrected chi connectivity index (χ1v) is 12.8. The standard InChI is InChI=1S/C26H30N2O7S/c1-5-34-21-11-7-19(8-12-21)27-26(29)18-28(20-9-13-22(14-10-20)35-6-2)36(30,31)23-15-16-24(32-3)25(17-23)33-4/h7-17H,5-6,18H2,1-4H3,(H,27,29). The van der Waals surface area contributed by atoms with Crippen LogP contribution in [0.4, 0.5) is 11.4 Å². The van der Waals surface area contributed by atoms with Gasteiger partial charge >= 0.3 is 0 Å². The Morgan fingerprint density at radius 2 is 1.36 bits per heavy atom. The van der Waals surface area contributed by atoms with Crippen molar-refractivity contribution in [2.45, 2.75) is 18.7 Å². The smallest absolute Gasteiger partial charge is 0.264 e. The molecule has 0 heterocycles. The third kappa shape index (κ3) is 6.39. The van der Waals surface area contributed by atoms with E-state index in [1.165, 1.54) is 32.4 Å². The van der Waals surface area contributed by atoms with Gasteiger partial charge in [0.15, 0.2) is 11.5 Å². The van der Waals surface area contributed by atoms with E-state index >= 15 is 0 Å². The van der Waals surface area contributed by atoms with Crippen molar-refractivity contribution >= 4 is 27.3 Å². The molecular weight excluding hydrogens is 484 g/mol. The number of anilines is 2. The topological polar surface area (TPSA) is 103 Å². The van der Waals surface area contributed by atoms with Crippen LogP contribution in [-0.4, -0.2) is 48.3 Å². The predicted molar refractivity (Wildman–Crippen MR) is 138 cm³/mol. The van der Waals surface area contributed by atoms with Crippen LogP contribution in [0, 0.1) is 0 Å². The summed E-state index contributed by atoms with van der Waals surface area (Å²) in [5.41, 5.74) is 0.814. The van der Waals surface area contributed by atoms with Gasteiger partial charge in [0.05, 0.1) is 38.0 Å². The molecule has 3 aromatic carbocycles. The van der Waals surface area contributed by atoms with Crippen molar-refractivity contribution in [1.29, 1.82) is 0 Å². The molecule has 0 fully saturated rings. The van der Waals surface area contributed by atoms with Crippen LogP contribution < -0.4 is 28.6 Å². The minimum absolute atomic E-state index is 0.0529. The van der Waals surface area contributed by atoms with Gasteiger partial charge < -0.3 is 24.3 Å². The molecule has 1 amide bonds. The minimum Gasteiger partial charge on any atom is -0.494 e. The molecule has 0 spiro atoms. The Morgan fingerprint density at radius 1 is 0.806 bits per heavy atom. The third-order valence-electron chi connectivity index (χ3n) is 5.12. The van der Waals surface area contributed by atoms with Gasteiger partial charge in [-0.05, 0) is 74.5 Å². The van der Waals surface area contributed by atoms with Crippen molar-refractivity contribution in [3.63, 3.8) is 0 Å². The third-order valence-corrected chi connectivity index (χ3v) is 6.88. The Labute approximate surface area is 211 Å². The number of hydrogen-bond donors (Lipinski definition) is 1. The van der Waals surface area contributed by atoms with Crippen molar-refractivity contribution in [1.82, 2.24) is 0 Å². The molecule has 0 unspecified atom stereocenters. The second-order valence-electron chi connectivity index (χ2n) is 7.46. The average molecular weight is 515 g/mol. The molecular formula is C26H30N2O7S. The number of nitrogens with zero attached hydrogens (tertiary/aromatic N) is 1. The van der Waals surface area contributed by atoms with Crippen LogP contribution in [0.5, 0.6) is 23.0 Å². The lowest BCUT2D eigenvalue weighted by molar-refractivity contribution is -0.114. The highest BCUT2D eigenvalue weighted by Gasteiger charge is 2.28. The van der Waals surface area contributed by atoms with Gasteiger partial charge in [0, 0.05) is 11.8 Å². The van der Waals surface area contributed by atoms with Gasteiger partial charge in [-0.3, -0.25) is 9.10 Å². The molecule has 1 N–H and O–H groups in total. The summed E-state index contributed by atoms with van der Waals surface area (Å²) in [7, 11) is -1.28. The number of carbonyl (C=O) groups excluding carboxylic acids is 1. The van der Waals surface area contributed by atoms with Gasteiger partial charge in [0.25, 0.3) is 10.0 Å². The first kappa shape index (κ1) is 26.7. The number of rotatable bonds is 12. The largest absolute Gasteiger partial charge is 0.494 e. The summed E-state index contributed by atoms with van der Waals surface area (Å²) in [6.45, 7) is 4.27. The first-order chi connectivity index (χ1) is 17.3. The quantitative estimate of drug-likeness (QED) is 0.384. The Morgan fingerprint density at radius 3 is 1.89 bits per heavy atom. The molecule has 10 heteroatoms. The summed E-state index contributed by atoms with van der Waals surface area (Å²) in [5.74, 6) is 1.38. The Bertz CT molecular complexity index is 1260. The van der Waals surface area contributed by atoms with Gasteiger partial charge in [-0.15, -0.1) is 0 Å². The van der Waals surface area contributed by atoms with E-state index in [0.29, 0.717) is 41.8 Å². The van der Waals surface area contributed by atoms with Gasteiger partial charge in [0.2, 0.25) is 5.91 Å². The molecule has 0 aliphatic carbocycles. The first-order valence-electron chi connectivity index (χ1n) is 11.3. The monoisotopic (exact) mass is 514 g/mol. The number of ether oxygens (including phenoxy) is 4. The normalized spacial score (nSPS) is 10.9. The van der Waals surface area contributed by atoms with Gasteiger partial charge in [-0.25, -0.2) is 8.42 Å². The Kier molecular flexibility index (Phi) is 9.02. The lowest BCUT2D eigenvalue weighted by Gasteiger charge is -2.25. The number of carbonyl (C=O) groups is 1. The molecule has 0 aliphatic heterocycles. The molecule has 9 nitrogen and oxygen atoms in total. The second kappa shape index (κ2) is 12.2. The maximum absolute atomic E-state index is 13.7. The van der Waals surface area contributed by atoms with Crippen molar-refractivity contribution in [2.24, 2.45) is 0 Å². The van der Waals surface area contributed by atoms with Crippen LogP contribution >= 0.6 is 0 Å². The van der Waals surface area contributed by atoms with Crippen LogP contribution in [0.2, 0.25) is 0 Å². The second-order valence-corrected chi connectivity index (χ2v) is 9.32. The molecule has 0 radical (unpaired) electrons. The van der Waals surface area contributed by atoms with Crippen LogP contribution in [0.15, 0.2) is 71.6 Å². The number of sulfonamides is 1. The fraction of sp³-hybridized carbons (Fsp3) is 0.269. The van der Waals surface area contributed by atoms with E-state index in [4.69, 9.17) is 18.9 Å². The zero-order valence-electron chi connectivity index (χ0n) is 20.7. The Hall–Kier alpha value is -3.92. The number of methoxy groups -OCH3 is 2. The summed E-state index contributed by atoms with van der Waals surface area (Å²) >= 11 is 0. The van der Waals surface area contributed by atoms with Crippen molar-refractivity contribution in [3.8, 4) is 23.0 Å². The Balaban J connectivity index is 1.93. The molecule has 0 bridgehead atoms. The highest BCUT2D eigenvalue weighted by Crippen LogP contribution is 2.32. The molecule has 0 saturated heterocycles. The van der Waals surface area contributed by atoms with Crippen molar-refractivity contribution in [2.75, 3.05) is 43.6 Å². The highest BCUT2D eigenvalue weighted by molar-refractivity contribution is 7.92. The maximum Gasteiger partial charge on any atom is 0.264 e. The predicted octanol–water partition coefficient (Wildman–Crippen LogP) is 4.34. The summed E-state index contributed by atoms with van der Waals surface area (Å²) < 4.78 is 49.8. The fourth-order valence-corrected chi connectivity index (χ4v) is 4.86. The SMILES string of the molecule is CCOc1ccc(NC(=O)CN(c2ccc(OCC)cc2)S(=O)(=O)c2ccc(OC)c(OC)c2)cc1. The van der Waals surface area contributed by atoms with Crippen molar-refractivity contribution < 1.29 is 32.2 Å². The zero-order chi connectivity index (χ0) is 26.1. The van der Waals surface area contributed by atoms with Crippen LogP contribution in [-0.2, 0) is 14.8 Å². The van der Waals surface area contributed by atoms with E-state index in [-0.39, 0.29) is 10.6 Å². The molecule has 192 valence electrons. The van der Waals surface area contributed by atoms with E-state index in [1.807, 2.05) is 13.8 Å². The van der Waals surface area contributed by atoms with Gasteiger partial charge in [0.1, 0.15) is 18.0 Å². The maximum atomic E-state index is 13.7. The lowest BCUT2D eigenvalue weighted by atomic mass is 10.3. The van der Waals surface area contributed by atoms with E-state index in [9.17, 15) is 13.2 Å². The van der Waals surface area contributed by atoms with E-state index in [1.54, 1.807) is 48.5 Å². The van der Waals surface area contributed by atoms with Gasteiger partial charge in [-0.1, -0.05) is 0 Å². The molecule has 3 rings (SSSR count). The zero-order valence-corrected chi connectivity index (χ0v) is 21.5. The van der Waals surface area contributed by atoms with Gasteiger partial charge in [-0.2, -0.15) is 0 Å². The van der Waals surface area contributed by atoms with Crippen LogP contribution in [0.3, 0.4) is 0 Å². The van der Waals surface area contributed by atoms with E-state index in [2.05, 4.69) is 5.32 Å². The molecule has 36 heavy (non-hydrogen) atoms. The summed E-state index contributed by atoms with van der Waals surface area (Å²) in [6, 6.07) is 17.6. The average Bonchev–Trinajstić information content (AvgIpc) is 2.89. The lowest BCUT2D eigenvalue weighted by Crippen LogP contribution is -2.38. The molecule has 0 aromatic heterocycles. The highest BCUT2D eigenvalue weighted by atomic mass is 32.2. The van der Waals surface area contributed by atoms with Crippen LogP contribution in [0.25, 0.3) is 0 Å². The molecule has 3 aromatic rings. The minimum atomic E-state index is -4.16. The molecule has 0 atom stereocenters. The van der Waals surface area contributed by atoms with Crippen molar-refractivity contribution in [3.05, 3.63) is 66.7 Å². The summed E-state index contributed by atoms with van der Waals surface area (Å²) in [5, 5.41) is 2.74. The fourth-order valence-electron chi connectivity index (χ4n) is 3.43. The van der Waals surface area contributed by atoms with Crippen LogP contribution in [0.1, 0.15) is 13.8 Å². The van der Waals surface area contributed by atoms with E-state index in [0.717, 1.165) is 4.31 Å². The number of hydrogen-bond acceptors (Lipinski definition) is 7. The number of nitrogens with one attached hydrogen (secondary N) is 1. The molecule has 0 aliphatic rings. The summed E-state index contributed by atoms with van der Waals surface area (Å²) in [4.78, 5) is 12.9.